The third kappa shape index (κ3) is 5.47. The zero-order valence-corrected chi connectivity index (χ0v) is 15.0. The fourth-order valence-corrected chi connectivity index (χ4v) is 2.29. The van der Waals surface area contributed by atoms with Crippen molar-refractivity contribution in [2.75, 3.05) is 30.8 Å². The van der Waals surface area contributed by atoms with Crippen LogP contribution in [0.5, 0.6) is 5.75 Å². The monoisotopic (exact) mass is 359 g/mol. The summed E-state index contributed by atoms with van der Waals surface area (Å²) in [4.78, 5) is 23.8. The van der Waals surface area contributed by atoms with Crippen LogP contribution in [0.25, 0.3) is 0 Å². The van der Waals surface area contributed by atoms with Crippen molar-refractivity contribution in [3.8, 4) is 5.75 Å². The van der Waals surface area contributed by atoms with Crippen molar-refractivity contribution in [3.63, 3.8) is 0 Å². The quantitative estimate of drug-likeness (QED) is 0.710. The van der Waals surface area contributed by atoms with Crippen molar-refractivity contribution < 1.29 is 18.7 Å². The second-order valence-electron chi connectivity index (χ2n) is 5.87. The number of hydrogen-bond acceptors (Lipinski definition) is 4. The van der Waals surface area contributed by atoms with Gasteiger partial charge in [-0.25, -0.2) is 4.39 Å². The van der Waals surface area contributed by atoms with E-state index in [0.29, 0.717) is 11.4 Å². The van der Waals surface area contributed by atoms with E-state index in [1.807, 2.05) is 13.0 Å². The molecule has 0 heterocycles. The maximum absolute atomic E-state index is 13.7. The van der Waals surface area contributed by atoms with Crippen LogP contribution in [0.4, 0.5) is 15.8 Å². The highest BCUT2D eigenvalue weighted by Gasteiger charge is 2.10. The molecule has 0 aliphatic rings. The summed E-state index contributed by atoms with van der Waals surface area (Å²) in [6.45, 7) is 3.34. The lowest BCUT2D eigenvalue weighted by atomic mass is 10.2. The van der Waals surface area contributed by atoms with Crippen LogP contribution in [0.2, 0.25) is 0 Å². The molecule has 2 aromatic carbocycles. The molecular weight excluding hydrogens is 337 g/mol. The number of anilines is 2. The average Bonchev–Trinajstić information content (AvgIpc) is 2.59. The SMILES string of the molecule is COc1ccc(C)cc1NC(=O)CNC(=O)CNc1ccc(C)cc1F. The number of rotatable bonds is 7. The van der Waals surface area contributed by atoms with Gasteiger partial charge in [0.1, 0.15) is 11.6 Å². The first-order valence-electron chi connectivity index (χ1n) is 8.10. The maximum Gasteiger partial charge on any atom is 0.243 e. The van der Waals surface area contributed by atoms with Gasteiger partial charge in [-0.1, -0.05) is 12.1 Å². The molecule has 0 atom stereocenters. The van der Waals surface area contributed by atoms with Gasteiger partial charge in [0.25, 0.3) is 0 Å². The highest BCUT2D eigenvalue weighted by atomic mass is 19.1. The highest BCUT2D eigenvalue weighted by Crippen LogP contribution is 2.24. The van der Waals surface area contributed by atoms with Crippen LogP contribution in [-0.2, 0) is 9.59 Å². The Morgan fingerprint density at radius 3 is 2.35 bits per heavy atom. The molecule has 0 saturated carbocycles. The molecule has 0 fully saturated rings. The number of hydrogen-bond donors (Lipinski definition) is 3. The summed E-state index contributed by atoms with van der Waals surface area (Å²) < 4.78 is 18.9. The molecule has 0 aliphatic carbocycles. The Bertz CT molecular complexity index is 809. The predicted molar refractivity (Wildman–Crippen MR) is 99.0 cm³/mol. The third-order valence-corrected chi connectivity index (χ3v) is 3.64. The minimum atomic E-state index is -0.429. The lowest BCUT2D eigenvalue weighted by Crippen LogP contribution is -2.36. The number of ether oxygens (including phenoxy) is 1. The molecule has 0 aromatic heterocycles. The predicted octanol–water partition coefficient (Wildman–Crippen LogP) is 2.62. The normalized spacial score (nSPS) is 10.2. The fraction of sp³-hybridized carbons (Fsp3) is 0.263. The van der Waals surface area contributed by atoms with E-state index in [9.17, 15) is 14.0 Å². The van der Waals surface area contributed by atoms with Gasteiger partial charge in [-0.2, -0.15) is 0 Å². The van der Waals surface area contributed by atoms with E-state index in [1.54, 1.807) is 31.2 Å². The smallest absolute Gasteiger partial charge is 0.243 e. The molecule has 2 aromatic rings. The van der Waals surface area contributed by atoms with E-state index in [0.717, 1.165) is 11.1 Å². The van der Waals surface area contributed by atoms with Gasteiger partial charge in [0, 0.05) is 0 Å². The molecule has 0 radical (unpaired) electrons. The molecule has 0 aliphatic heterocycles. The Hall–Kier alpha value is -3.09. The van der Waals surface area contributed by atoms with E-state index in [-0.39, 0.29) is 24.7 Å². The Kier molecular flexibility index (Phi) is 6.54. The topological polar surface area (TPSA) is 79.5 Å². The lowest BCUT2D eigenvalue weighted by Gasteiger charge is -2.12. The molecule has 0 spiro atoms. The van der Waals surface area contributed by atoms with Crippen LogP contribution >= 0.6 is 0 Å². The molecule has 7 heteroatoms. The summed E-state index contributed by atoms with van der Waals surface area (Å²) in [5.41, 5.74) is 2.53. The van der Waals surface area contributed by atoms with E-state index in [2.05, 4.69) is 16.0 Å². The summed E-state index contributed by atoms with van der Waals surface area (Å²) in [7, 11) is 1.51. The zero-order chi connectivity index (χ0) is 19.1. The summed E-state index contributed by atoms with van der Waals surface area (Å²) in [6, 6.07) is 10.1. The first kappa shape index (κ1) is 19.2. The van der Waals surface area contributed by atoms with Gasteiger partial charge in [0.15, 0.2) is 0 Å². The van der Waals surface area contributed by atoms with Crippen LogP contribution in [0.15, 0.2) is 36.4 Å². The first-order valence-corrected chi connectivity index (χ1v) is 8.10. The van der Waals surface area contributed by atoms with Gasteiger partial charge >= 0.3 is 0 Å². The van der Waals surface area contributed by atoms with Crippen molar-refractivity contribution in [2.45, 2.75) is 13.8 Å². The summed E-state index contributed by atoms with van der Waals surface area (Å²) >= 11 is 0. The second-order valence-corrected chi connectivity index (χ2v) is 5.87. The molecule has 26 heavy (non-hydrogen) atoms. The van der Waals surface area contributed by atoms with Crippen LogP contribution < -0.4 is 20.7 Å². The third-order valence-electron chi connectivity index (χ3n) is 3.64. The summed E-state index contributed by atoms with van der Waals surface area (Å²) in [5, 5.41) is 7.87. The molecule has 0 unspecified atom stereocenters. The van der Waals surface area contributed by atoms with Gasteiger partial charge < -0.3 is 20.7 Å². The van der Waals surface area contributed by atoms with Crippen LogP contribution in [0, 0.1) is 19.7 Å². The maximum atomic E-state index is 13.7. The van der Waals surface area contributed by atoms with Gasteiger partial charge in [0.2, 0.25) is 11.8 Å². The number of amides is 2. The largest absolute Gasteiger partial charge is 0.495 e. The van der Waals surface area contributed by atoms with Crippen molar-refractivity contribution in [1.82, 2.24) is 5.32 Å². The number of halogens is 1. The van der Waals surface area contributed by atoms with E-state index in [4.69, 9.17) is 4.74 Å². The zero-order valence-electron chi connectivity index (χ0n) is 15.0. The molecule has 6 nitrogen and oxygen atoms in total. The molecule has 2 amide bonds. The molecular formula is C19H22FN3O3. The fourth-order valence-electron chi connectivity index (χ4n) is 2.29. The van der Waals surface area contributed by atoms with Gasteiger partial charge in [-0.05, 0) is 49.2 Å². The van der Waals surface area contributed by atoms with Crippen LogP contribution in [-0.4, -0.2) is 32.0 Å². The molecule has 0 saturated heterocycles. The number of nitrogens with one attached hydrogen (secondary N) is 3. The van der Waals surface area contributed by atoms with Gasteiger partial charge in [0.05, 0.1) is 31.6 Å². The Labute approximate surface area is 151 Å². The Balaban J connectivity index is 1.81. The van der Waals surface area contributed by atoms with E-state index < -0.39 is 11.7 Å². The number of carbonyl (C=O) groups is 2. The van der Waals surface area contributed by atoms with Crippen molar-refractivity contribution in [3.05, 3.63) is 53.3 Å². The Morgan fingerprint density at radius 1 is 0.962 bits per heavy atom. The van der Waals surface area contributed by atoms with Gasteiger partial charge in [-0.15, -0.1) is 0 Å². The van der Waals surface area contributed by atoms with Crippen LogP contribution in [0.1, 0.15) is 11.1 Å². The molecule has 2 rings (SSSR count). The minimum Gasteiger partial charge on any atom is -0.495 e. The number of benzene rings is 2. The van der Waals surface area contributed by atoms with Crippen molar-refractivity contribution in [2.24, 2.45) is 0 Å². The summed E-state index contributed by atoms with van der Waals surface area (Å²) in [6.07, 6.45) is 0. The van der Waals surface area contributed by atoms with Crippen LogP contribution in [0.3, 0.4) is 0 Å². The van der Waals surface area contributed by atoms with E-state index in [1.165, 1.54) is 13.2 Å². The van der Waals surface area contributed by atoms with Crippen molar-refractivity contribution >= 4 is 23.2 Å². The van der Waals surface area contributed by atoms with Crippen molar-refractivity contribution in [1.29, 1.82) is 0 Å². The number of methoxy groups -OCH3 is 1. The average molecular weight is 359 g/mol. The second kappa shape index (κ2) is 8.84. The van der Waals surface area contributed by atoms with Gasteiger partial charge in [-0.3, -0.25) is 9.59 Å². The van der Waals surface area contributed by atoms with E-state index >= 15 is 0 Å². The highest BCUT2D eigenvalue weighted by molar-refractivity contribution is 5.96. The molecule has 3 N–H and O–H groups in total. The standard InChI is InChI=1S/C19H22FN3O3/c1-12-4-6-15(14(20)8-12)21-10-18(24)22-11-19(25)23-16-9-13(2)5-7-17(16)26-3/h4-9,21H,10-11H2,1-3H3,(H,22,24)(H,23,25). The summed E-state index contributed by atoms with van der Waals surface area (Å²) in [5.74, 6) is -0.700. The number of aryl methyl sites for hydroxylation is 2. The Morgan fingerprint density at radius 2 is 1.65 bits per heavy atom. The number of carbonyl (C=O) groups excluding carboxylic acids is 2. The lowest BCUT2D eigenvalue weighted by molar-refractivity contribution is -0.122. The molecule has 138 valence electrons. The molecule has 0 bridgehead atoms. The minimum absolute atomic E-state index is 0.138. The first-order chi connectivity index (χ1) is 12.4.